The summed E-state index contributed by atoms with van der Waals surface area (Å²) in [6, 6.07) is 0. The van der Waals surface area contributed by atoms with Gasteiger partial charge in [-0.1, -0.05) is 19.3 Å². The lowest BCUT2D eigenvalue weighted by molar-refractivity contribution is -0.130. The van der Waals surface area contributed by atoms with E-state index in [9.17, 15) is 9.90 Å². The zero-order valence-corrected chi connectivity index (χ0v) is 11.2. The first-order chi connectivity index (χ1) is 8.09. The molecule has 0 aromatic carbocycles. The van der Waals surface area contributed by atoms with Gasteiger partial charge in [0.25, 0.3) is 0 Å². The Hall–Kier alpha value is -0.280. The molecule has 1 heterocycles. The first kappa shape index (κ1) is 13.2. The van der Waals surface area contributed by atoms with Crippen molar-refractivity contribution in [1.29, 1.82) is 0 Å². The monoisotopic (exact) mass is 259 g/mol. The second-order valence-electron chi connectivity index (χ2n) is 5.64. The quantitative estimate of drug-likeness (QED) is 0.771. The Balaban J connectivity index is 2.10. The fraction of sp³-hybridized carbons (Fsp3) is 0.923. The normalized spacial score (nSPS) is 29.6. The molecule has 0 bridgehead atoms. The zero-order valence-electron chi connectivity index (χ0n) is 10.5. The summed E-state index contributed by atoms with van der Waals surface area (Å²) in [6.45, 7) is 3.41. The number of aliphatic hydroxyl groups is 1. The minimum atomic E-state index is -0.451. The largest absolute Gasteiger partial charge is 0.396 e. The Morgan fingerprint density at radius 3 is 2.65 bits per heavy atom. The summed E-state index contributed by atoms with van der Waals surface area (Å²) in [5.41, 5.74) is 0.175. The van der Waals surface area contributed by atoms with Crippen LogP contribution in [0.1, 0.15) is 39.0 Å². The summed E-state index contributed by atoms with van der Waals surface area (Å²) in [6.07, 6.45) is 6.06. The third-order valence-corrected chi connectivity index (χ3v) is 4.72. The maximum absolute atomic E-state index is 11.9. The summed E-state index contributed by atoms with van der Waals surface area (Å²) in [4.78, 5) is 13.8. The Bertz CT molecular complexity index is 287. The van der Waals surface area contributed by atoms with E-state index < -0.39 is 5.38 Å². The van der Waals surface area contributed by atoms with E-state index in [2.05, 4.69) is 0 Å². The number of nitrogens with zero attached hydrogens (tertiary/aromatic N) is 1. The van der Waals surface area contributed by atoms with Gasteiger partial charge in [0.1, 0.15) is 5.38 Å². The molecule has 17 heavy (non-hydrogen) atoms. The van der Waals surface area contributed by atoms with Gasteiger partial charge in [-0.05, 0) is 25.2 Å². The smallest absolute Gasteiger partial charge is 0.240 e. The number of aliphatic hydroxyl groups excluding tert-OH is 1. The lowest BCUT2D eigenvalue weighted by Crippen LogP contribution is -2.37. The molecule has 0 radical (unpaired) electrons. The number of likely N-dealkylation sites (tertiary alicyclic amines) is 1. The van der Waals surface area contributed by atoms with Crippen molar-refractivity contribution in [2.45, 2.75) is 44.4 Å². The number of alkyl halides is 1. The lowest BCUT2D eigenvalue weighted by atomic mass is 9.68. The summed E-state index contributed by atoms with van der Waals surface area (Å²) < 4.78 is 0. The molecule has 1 aliphatic carbocycles. The zero-order chi connectivity index (χ0) is 12.5. The molecule has 98 valence electrons. The van der Waals surface area contributed by atoms with Crippen molar-refractivity contribution < 1.29 is 9.90 Å². The van der Waals surface area contributed by atoms with Crippen LogP contribution in [0, 0.1) is 11.3 Å². The molecular weight excluding hydrogens is 238 g/mol. The van der Waals surface area contributed by atoms with Crippen molar-refractivity contribution in [3.8, 4) is 0 Å². The van der Waals surface area contributed by atoms with Gasteiger partial charge in [-0.15, -0.1) is 11.6 Å². The van der Waals surface area contributed by atoms with E-state index in [1.807, 2.05) is 4.90 Å². The van der Waals surface area contributed by atoms with Crippen molar-refractivity contribution in [1.82, 2.24) is 4.90 Å². The highest BCUT2D eigenvalue weighted by atomic mass is 35.5. The number of halogens is 1. The molecule has 1 aliphatic heterocycles. The minimum absolute atomic E-state index is 0.0209. The van der Waals surface area contributed by atoms with Gasteiger partial charge in [0.15, 0.2) is 0 Å². The van der Waals surface area contributed by atoms with Crippen LogP contribution >= 0.6 is 11.6 Å². The molecule has 1 saturated carbocycles. The van der Waals surface area contributed by atoms with E-state index in [-0.39, 0.29) is 23.8 Å². The number of carbonyl (C=O) groups excluding carboxylic acids is 1. The molecule has 0 aromatic rings. The number of rotatable bonds is 2. The number of carbonyl (C=O) groups is 1. The van der Waals surface area contributed by atoms with Crippen molar-refractivity contribution in [3.05, 3.63) is 0 Å². The van der Waals surface area contributed by atoms with Gasteiger partial charge < -0.3 is 10.0 Å². The average molecular weight is 260 g/mol. The molecular formula is C13H22ClNO2. The van der Waals surface area contributed by atoms with Crippen LogP contribution in [0.3, 0.4) is 0 Å². The van der Waals surface area contributed by atoms with Crippen molar-refractivity contribution in [2.75, 3.05) is 19.7 Å². The first-order valence-corrected chi connectivity index (χ1v) is 7.06. The van der Waals surface area contributed by atoms with E-state index >= 15 is 0 Å². The van der Waals surface area contributed by atoms with Crippen LogP contribution in [0.25, 0.3) is 0 Å². The molecule has 4 heteroatoms. The maximum atomic E-state index is 11.9. The summed E-state index contributed by atoms with van der Waals surface area (Å²) >= 11 is 5.87. The van der Waals surface area contributed by atoms with E-state index in [1.54, 1.807) is 6.92 Å². The summed E-state index contributed by atoms with van der Waals surface area (Å²) in [7, 11) is 0. The Labute approximate surface area is 108 Å². The fourth-order valence-electron chi connectivity index (χ4n) is 3.53. The van der Waals surface area contributed by atoms with Crippen LogP contribution in [0.4, 0.5) is 0 Å². The second kappa shape index (κ2) is 5.15. The highest BCUT2D eigenvalue weighted by Crippen LogP contribution is 2.47. The van der Waals surface area contributed by atoms with Crippen molar-refractivity contribution >= 4 is 17.5 Å². The Kier molecular flexibility index (Phi) is 3.99. The predicted octanol–water partition coefficient (Wildman–Crippen LogP) is 2.01. The van der Waals surface area contributed by atoms with Gasteiger partial charge in [-0.25, -0.2) is 0 Å². The highest BCUT2D eigenvalue weighted by molar-refractivity contribution is 6.30. The number of hydrogen-bond donors (Lipinski definition) is 1. The molecule has 1 spiro atoms. The Morgan fingerprint density at radius 2 is 2.12 bits per heavy atom. The van der Waals surface area contributed by atoms with Gasteiger partial charge in [-0.2, -0.15) is 0 Å². The van der Waals surface area contributed by atoms with Crippen LogP contribution in [0.15, 0.2) is 0 Å². The highest BCUT2D eigenvalue weighted by Gasteiger charge is 2.47. The molecule has 1 N–H and O–H groups in total. The van der Waals surface area contributed by atoms with E-state index in [0.717, 1.165) is 19.4 Å². The molecule has 2 fully saturated rings. The van der Waals surface area contributed by atoms with Gasteiger partial charge in [0.05, 0.1) is 0 Å². The van der Waals surface area contributed by atoms with Crippen LogP contribution in [-0.2, 0) is 4.79 Å². The van der Waals surface area contributed by atoms with Crippen molar-refractivity contribution in [2.24, 2.45) is 11.3 Å². The molecule has 2 atom stereocenters. The fourth-order valence-corrected chi connectivity index (χ4v) is 3.66. The maximum Gasteiger partial charge on any atom is 0.240 e. The lowest BCUT2D eigenvalue weighted by Gasteiger charge is -2.37. The predicted molar refractivity (Wildman–Crippen MR) is 68.0 cm³/mol. The molecule has 2 aliphatic rings. The minimum Gasteiger partial charge on any atom is -0.396 e. The van der Waals surface area contributed by atoms with Crippen LogP contribution in [0.2, 0.25) is 0 Å². The number of hydrogen-bond acceptors (Lipinski definition) is 2. The molecule has 0 aromatic heterocycles. The standard InChI is InChI=1S/C13H22ClNO2/c1-10(14)12(17)15-7-11(8-16)13(9-15)5-3-2-4-6-13/h10-11,16H,2-9H2,1H3/t10-,11+/m1/s1. The third kappa shape index (κ3) is 2.45. The van der Waals surface area contributed by atoms with E-state index in [0.29, 0.717) is 6.54 Å². The topological polar surface area (TPSA) is 40.5 Å². The van der Waals surface area contributed by atoms with Crippen LogP contribution < -0.4 is 0 Å². The first-order valence-electron chi connectivity index (χ1n) is 6.63. The average Bonchev–Trinajstić information content (AvgIpc) is 2.67. The summed E-state index contributed by atoms with van der Waals surface area (Å²) in [5.74, 6) is 0.273. The molecule has 3 nitrogen and oxygen atoms in total. The SMILES string of the molecule is C[C@@H](Cl)C(=O)N1C[C@@H](CO)C2(CCCCC2)C1. The van der Waals surface area contributed by atoms with Gasteiger partial charge >= 0.3 is 0 Å². The van der Waals surface area contributed by atoms with Gasteiger partial charge in [0, 0.05) is 25.6 Å². The van der Waals surface area contributed by atoms with Crippen LogP contribution in [-0.4, -0.2) is 41.0 Å². The third-order valence-electron chi connectivity index (χ3n) is 4.53. The molecule has 2 rings (SSSR count). The van der Waals surface area contributed by atoms with Crippen LogP contribution in [0.5, 0.6) is 0 Å². The van der Waals surface area contributed by atoms with E-state index in [1.165, 1.54) is 19.3 Å². The molecule has 0 unspecified atom stereocenters. The molecule has 1 saturated heterocycles. The van der Waals surface area contributed by atoms with Gasteiger partial charge in [0.2, 0.25) is 5.91 Å². The second-order valence-corrected chi connectivity index (χ2v) is 6.29. The molecule has 1 amide bonds. The Morgan fingerprint density at radius 1 is 1.47 bits per heavy atom. The van der Waals surface area contributed by atoms with Gasteiger partial charge in [-0.3, -0.25) is 4.79 Å². The van der Waals surface area contributed by atoms with E-state index in [4.69, 9.17) is 11.6 Å². The summed E-state index contributed by atoms with van der Waals surface area (Å²) in [5, 5.41) is 9.10. The number of amides is 1. The van der Waals surface area contributed by atoms with Crippen molar-refractivity contribution in [3.63, 3.8) is 0 Å².